The van der Waals surface area contributed by atoms with E-state index in [0.717, 1.165) is 66.9 Å². The van der Waals surface area contributed by atoms with Crippen molar-refractivity contribution in [2.45, 2.75) is 65.5 Å². The smallest absolute Gasteiger partial charge is 0.306 e. The van der Waals surface area contributed by atoms with Crippen molar-refractivity contribution in [1.82, 2.24) is 30.6 Å². The molecule has 3 N–H and O–H groups in total. The van der Waals surface area contributed by atoms with Crippen LogP contribution in [0.1, 0.15) is 51.2 Å². The molecule has 0 amide bonds. The number of nitrogens with two attached hydrogens (primary N) is 1. The summed E-state index contributed by atoms with van der Waals surface area (Å²) >= 11 is 1.37. The zero-order valence-corrected chi connectivity index (χ0v) is 24.1. The average molecular weight is 555 g/mol. The summed E-state index contributed by atoms with van der Waals surface area (Å²) in [5.41, 5.74) is 7.38. The third kappa shape index (κ3) is 8.70. The Labute approximate surface area is 233 Å². The molecule has 2 aliphatic heterocycles. The lowest BCUT2D eigenvalue weighted by Crippen LogP contribution is -2.26. The fourth-order valence-electron chi connectivity index (χ4n) is 4.59. The molecule has 0 spiro atoms. The summed E-state index contributed by atoms with van der Waals surface area (Å²) < 4.78 is 5.37. The zero-order chi connectivity index (χ0) is 28.0. The van der Waals surface area contributed by atoms with Crippen molar-refractivity contribution >= 4 is 39.2 Å². The number of aryl methyl sites for hydroxylation is 2. The molecule has 0 bridgehead atoms. The van der Waals surface area contributed by atoms with Gasteiger partial charge in [0.15, 0.2) is 11.6 Å². The van der Waals surface area contributed by atoms with Gasteiger partial charge in [0, 0.05) is 32.2 Å². The van der Waals surface area contributed by atoms with Crippen LogP contribution in [0.2, 0.25) is 0 Å². The van der Waals surface area contributed by atoms with E-state index in [0.29, 0.717) is 23.5 Å². The number of ether oxygens (including phenoxy) is 1. The second kappa shape index (κ2) is 12.5. The molecule has 0 aliphatic carbocycles. The van der Waals surface area contributed by atoms with Crippen molar-refractivity contribution in [1.29, 1.82) is 0 Å². The van der Waals surface area contributed by atoms with E-state index in [1.165, 1.54) is 11.3 Å². The van der Waals surface area contributed by atoms with Crippen LogP contribution in [0.15, 0.2) is 24.5 Å². The second-order valence-corrected chi connectivity index (χ2v) is 12.1. The van der Waals surface area contributed by atoms with Crippen LogP contribution in [-0.4, -0.2) is 74.4 Å². The summed E-state index contributed by atoms with van der Waals surface area (Å²) in [5, 5.41) is 28.7. The van der Waals surface area contributed by atoms with E-state index in [-0.39, 0.29) is 5.97 Å². The molecular formula is C26H38N10O2S. The first-order valence-electron chi connectivity index (χ1n) is 13.2. The first kappa shape index (κ1) is 28.4. The minimum Gasteiger partial charge on any atom is -0.460 e. The predicted octanol–water partition coefficient (Wildman–Crippen LogP) is 3.25. The monoisotopic (exact) mass is 554 g/mol. The molecule has 5 rings (SSSR count). The molecule has 5 heterocycles. The van der Waals surface area contributed by atoms with Crippen molar-refractivity contribution < 1.29 is 9.53 Å². The highest BCUT2D eigenvalue weighted by atomic mass is 32.1. The van der Waals surface area contributed by atoms with Crippen LogP contribution in [0, 0.1) is 19.8 Å². The highest BCUT2D eigenvalue weighted by Crippen LogP contribution is 2.26. The van der Waals surface area contributed by atoms with Crippen LogP contribution in [0.5, 0.6) is 0 Å². The van der Waals surface area contributed by atoms with E-state index in [4.69, 9.17) is 10.5 Å². The number of hydrogen-bond donors (Lipinski definition) is 2. The van der Waals surface area contributed by atoms with Crippen molar-refractivity contribution in [3.05, 3.63) is 35.7 Å². The molecule has 3 aromatic heterocycles. The Morgan fingerprint density at radius 3 is 2.18 bits per heavy atom. The fourth-order valence-corrected chi connectivity index (χ4v) is 5.17. The topological polar surface area (TPSA) is 148 Å². The van der Waals surface area contributed by atoms with Gasteiger partial charge in [0.05, 0.1) is 18.8 Å². The first-order valence-corrected chi connectivity index (χ1v) is 14.0. The van der Waals surface area contributed by atoms with E-state index in [1.807, 2.05) is 40.7 Å². The van der Waals surface area contributed by atoms with E-state index >= 15 is 0 Å². The normalized spacial score (nSPS) is 19.0. The van der Waals surface area contributed by atoms with E-state index in [9.17, 15) is 4.79 Å². The SMILES string of the molecule is Cc1cnnc(N2CC[C@@H](CC(=O)OC(C)(C)C)C2)c1.Cc1cnnc(N2CC[C@@H](Nc3nnc(N)s3)C2)c1. The molecule has 0 aromatic carbocycles. The van der Waals surface area contributed by atoms with Crippen molar-refractivity contribution in [3.8, 4) is 0 Å². The molecule has 13 heteroatoms. The van der Waals surface area contributed by atoms with Crippen molar-refractivity contribution in [3.63, 3.8) is 0 Å². The van der Waals surface area contributed by atoms with Crippen LogP contribution >= 0.6 is 11.3 Å². The number of rotatable bonds is 6. The minimum absolute atomic E-state index is 0.111. The highest BCUT2D eigenvalue weighted by molar-refractivity contribution is 7.18. The molecule has 0 unspecified atom stereocenters. The lowest BCUT2D eigenvalue weighted by atomic mass is 10.1. The molecule has 3 aromatic rings. The number of anilines is 4. The van der Waals surface area contributed by atoms with Gasteiger partial charge < -0.3 is 25.6 Å². The Balaban J connectivity index is 0.000000181. The maximum absolute atomic E-state index is 11.8. The Kier molecular flexibility index (Phi) is 9.10. The molecule has 2 saturated heterocycles. The van der Waals surface area contributed by atoms with Crippen LogP contribution < -0.4 is 20.9 Å². The average Bonchev–Trinajstić information content (AvgIpc) is 3.60. The Hall–Kier alpha value is -3.61. The maximum atomic E-state index is 11.8. The van der Waals surface area contributed by atoms with Crippen LogP contribution in [0.3, 0.4) is 0 Å². The van der Waals surface area contributed by atoms with Gasteiger partial charge in [-0.1, -0.05) is 11.3 Å². The van der Waals surface area contributed by atoms with Gasteiger partial charge in [-0.05, 0) is 76.6 Å². The first-order chi connectivity index (χ1) is 18.5. The van der Waals surface area contributed by atoms with Crippen LogP contribution in [0.25, 0.3) is 0 Å². The number of hydrogen-bond acceptors (Lipinski definition) is 13. The molecule has 2 fully saturated rings. The standard InChI is InChI=1S/C15H23N3O2.C11H15N7S/c1-11-7-13(17-16-9-11)18-6-5-12(10-18)8-14(19)20-15(2,3)4;1-7-4-9(15-13-5-7)18-3-2-8(6-18)14-11-17-16-10(12)19-11/h7,9,12H,5-6,8,10H2,1-4H3;4-5,8H,2-3,6H2,1H3,(H2,12,16)(H,14,17)/t12-;8-/m01/s1. The third-order valence-electron chi connectivity index (χ3n) is 6.32. The van der Waals surface area contributed by atoms with Gasteiger partial charge in [-0.2, -0.15) is 10.2 Å². The largest absolute Gasteiger partial charge is 0.460 e. The molecular weight excluding hydrogens is 516 g/mol. The number of aromatic nitrogens is 6. The molecule has 39 heavy (non-hydrogen) atoms. The van der Waals surface area contributed by atoms with Gasteiger partial charge in [-0.3, -0.25) is 4.79 Å². The van der Waals surface area contributed by atoms with Gasteiger partial charge in [0.25, 0.3) is 0 Å². The van der Waals surface area contributed by atoms with E-state index in [2.05, 4.69) is 51.8 Å². The quantitative estimate of drug-likeness (QED) is 0.431. The molecule has 12 nitrogen and oxygen atoms in total. The number of carbonyl (C=O) groups is 1. The zero-order valence-electron chi connectivity index (χ0n) is 23.3. The van der Waals surface area contributed by atoms with Gasteiger partial charge in [0.2, 0.25) is 10.3 Å². The number of nitrogens with one attached hydrogen (secondary N) is 1. The van der Waals surface area contributed by atoms with Crippen molar-refractivity contribution in [2.75, 3.05) is 47.0 Å². The molecule has 0 radical (unpaired) electrons. The summed E-state index contributed by atoms with van der Waals surface area (Å²) in [6.45, 7) is 13.3. The Morgan fingerprint density at radius 1 is 1.00 bits per heavy atom. The number of esters is 1. The van der Waals surface area contributed by atoms with Gasteiger partial charge in [-0.15, -0.1) is 20.4 Å². The van der Waals surface area contributed by atoms with Gasteiger partial charge in [0.1, 0.15) is 5.60 Å². The molecule has 2 atom stereocenters. The fraction of sp³-hybridized carbons (Fsp3) is 0.577. The summed E-state index contributed by atoms with van der Waals surface area (Å²) in [7, 11) is 0. The lowest BCUT2D eigenvalue weighted by Gasteiger charge is -2.21. The third-order valence-corrected chi connectivity index (χ3v) is 7.01. The van der Waals surface area contributed by atoms with Crippen LogP contribution in [0.4, 0.5) is 21.9 Å². The van der Waals surface area contributed by atoms with E-state index in [1.54, 1.807) is 12.4 Å². The van der Waals surface area contributed by atoms with Crippen LogP contribution in [-0.2, 0) is 9.53 Å². The van der Waals surface area contributed by atoms with E-state index < -0.39 is 5.60 Å². The molecule has 210 valence electrons. The molecule has 0 saturated carbocycles. The number of carbonyl (C=O) groups excluding carboxylic acids is 1. The maximum Gasteiger partial charge on any atom is 0.306 e. The Bertz CT molecular complexity index is 1250. The Morgan fingerprint density at radius 2 is 1.62 bits per heavy atom. The summed E-state index contributed by atoms with van der Waals surface area (Å²) in [6.07, 6.45) is 6.02. The van der Waals surface area contributed by atoms with Crippen molar-refractivity contribution in [2.24, 2.45) is 5.92 Å². The summed E-state index contributed by atoms with van der Waals surface area (Å²) in [5.74, 6) is 2.06. The molecule has 2 aliphatic rings. The summed E-state index contributed by atoms with van der Waals surface area (Å²) in [4.78, 5) is 16.3. The van der Waals surface area contributed by atoms with Gasteiger partial charge >= 0.3 is 5.97 Å². The second-order valence-electron chi connectivity index (χ2n) is 11.1. The number of nitrogen functional groups attached to an aromatic ring is 1. The highest BCUT2D eigenvalue weighted by Gasteiger charge is 2.28. The number of nitrogens with zero attached hydrogens (tertiary/aromatic N) is 8. The lowest BCUT2D eigenvalue weighted by molar-refractivity contribution is -0.155. The predicted molar refractivity (Wildman–Crippen MR) is 153 cm³/mol. The summed E-state index contributed by atoms with van der Waals surface area (Å²) in [6, 6.07) is 4.43. The minimum atomic E-state index is -0.405. The van der Waals surface area contributed by atoms with Gasteiger partial charge in [-0.25, -0.2) is 0 Å².